The van der Waals surface area contributed by atoms with Crippen LogP contribution < -0.4 is 0 Å². The van der Waals surface area contributed by atoms with E-state index in [-0.39, 0.29) is 17.7 Å². The van der Waals surface area contributed by atoms with Crippen LogP contribution in [0.25, 0.3) is 0 Å². The molecule has 1 unspecified atom stereocenters. The first-order chi connectivity index (χ1) is 9.49. The molecule has 0 saturated carbocycles. The highest BCUT2D eigenvalue weighted by Crippen LogP contribution is 2.20. The van der Waals surface area contributed by atoms with E-state index in [9.17, 15) is 4.79 Å². The Kier molecular flexibility index (Phi) is 4.38. The molecule has 0 aliphatic carbocycles. The molecule has 106 valence electrons. The van der Waals surface area contributed by atoms with Gasteiger partial charge in [0.15, 0.2) is 0 Å². The molecule has 2 rings (SSSR count). The number of carbonyl (C=O) groups is 1. The highest BCUT2D eigenvalue weighted by Gasteiger charge is 2.25. The average molecular weight is 270 g/mol. The molecular weight excluding hydrogens is 248 g/mol. The third-order valence-corrected chi connectivity index (χ3v) is 3.64. The number of hydrogen-bond acceptors (Lipinski definition) is 2. The van der Waals surface area contributed by atoms with Gasteiger partial charge in [-0.15, -0.1) is 0 Å². The molecule has 0 aliphatic heterocycles. The summed E-state index contributed by atoms with van der Waals surface area (Å²) in [5.41, 5.74) is 2.99. The third-order valence-electron chi connectivity index (χ3n) is 3.64. The Bertz CT molecular complexity index is 584. The molecule has 20 heavy (non-hydrogen) atoms. The Morgan fingerprint density at radius 2 is 1.85 bits per heavy atom. The second-order valence-electron chi connectivity index (χ2n) is 5.72. The third kappa shape index (κ3) is 3.16. The van der Waals surface area contributed by atoms with Crippen molar-refractivity contribution in [1.29, 1.82) is 0 Å². The normalized spacial score (nSPS) is 12.7. The van der Waals surface area contributed by atoms with Gasteiger partial charge in [-0.3, -0.25) is 4.79 Å². The van der Waals surface area contributed by atoms with E-state index in [0.717, 1.165) is 17.8 Å². The zero-order valence-electron chi connectivity index (χ0n) is 12.6. The van der Waals surface area contributed by atoms with Crippen LogP contribution in [0.1, 0.15) is 35.6 Å². The van der Waals surface area contributed by atoms with Crippen LogP contribution in [0.2, 0.25) is 0 Å². The molecule has 0 bridgehead atoms. The van der Waals surface area contributed by atoms with Crippen molar-refractivity contribution in [1.82, 2.24) is 9.78 Å². The van der Waals surface area contributed by atoms with Crippen LogP contribution in [0.15, 0.2) is 36.4 Å². The average Bonchev–Trinajstić information content (AvgIpc) is 2.75. The molecule has 0 N–H and O–H groups in total. The molecule has 3 nitrogen and oxygen atoms in total. The SMILES string of the molecule is Cc1cc(C)n(C(=O)C(Cc2ccccc2)C(C)C)n1. The lowest BCUT2D eigenvalue weighted by Crippen LogP contribution is -2.29. The van der Waals surface area contributed by atoms with Gasteiger partial charge in [-0.1, -0.05) is 44.2 Å². The van der Waals surface area contributed by atoms with E-state index in [1.165, 1.54) is 5.56 Å². The molecule has 1 atom stereocenters. The van der Waals surface area contributed by atoms with Crippen LogP contribution in [-0.2, 0) is 6.42 Å². The summed E-state index contributed by atoms with van der Waals surface area (Å²) in [6.07, 6.45) is 0.760. The standard InChI is InChI=1S/C17H22N2O/c1-12(2)16(11-15-8-6-5-7-9-15)17(20)19-14(4)10-13(3)18-19/h5-10,12,16H,11H2,1-4H3. The van der Waals surface area contributed by atoms with Crippen molar-refractivity contribution < 1.29 is 4.79 Å². The van der Waals surface area contributed by atoms with Crippen LogP contribution in [0, 0.1) is 25.7 Å². The highest BCUT2D eigenvalue weighted by atomic mass is 16.2. The highest BCUT2D eigenvalue weighted by molar-refractivity contribution is 5.81. The Labute approximate surface area is 120 Å². The van der Waals surface area contributed by atoms with Crippen molar-refractivity contribution in [3.63, 3.8) is 0 Å². The van der Waals surface area contributed by atoms with Gasteiger partial charge < -0.3 is 0 Å². The van der Waals surface area contributed by atoms with Crippen LogP contribution in [0.3, 0.4) is 0 Å². The summed E-state index contributed by atoms with van der Waals surface area (Å²) in [4.78, 5) is 12.7. The Hall–Kier alpha value is -1.90. The maximum atomic E-state index is 12.7. The zero-order chi connectivity index (χ0) is 14.7. The van der Waals surface area contributed by atoms with Crippen molar-refractivity contribution >= 4 is 5.91 Å². The van der Waals surface area contributed by atoms with E-state index in [4.69, 9.17) is 0 Å². The predicted octanol–water partition coefficient (Wildman–Crippen LogP) is 3.66. The topological polar surface area (TPSA) is 34.9 Å². The van der Waals surface area contributed by atoms with Crippen LogP contribution in [0.5, 0.6) is 0 Å². The molecule has 1 aromatic heterocycles. The second kappa shape index (κ2) is 6.04. The largest absolute Gasteiger partial charge is 0.272 e. The minimum absolute atomic E-state index is 0.0459. The summed E-state index contributed by atoms with van der Waals surface area (Å²) in [6, 6.07) is 12.1. The van der Waals surface area contributed by atoms with Gasteiger partial charge in [-0.25, -0.2) is 4.68 Å². The Morgan fingerprint density at radius 3 is 2.35 bits per heavy atom. The van der Waals surface area contributed by atoms with Gasteiger partial charge >= 0.3 is 0 Å². The van der Waals surface area contributed by atoms with Crippen molar-refractivity contribution in [3.8, 4) is 0 Å². The molecular formula is C17H22N2O. The van der Waals surface area contributed by atoms with E-state index >= 15 is 0 Å². The number of carbonyl (C=O) groups excluding carboxylic acids is 1. The molecule has 1 aromatic carbocycles. The summed E-state index contributed by atoms with van der Waals surface area (Å²) in [5, 5.41) is 4.32. The fraction of sp³-hybridized carbons (Fsp3) is 0.412. The molecule has 0 spiro atoms. The van der Waals surface area contributed by atoms with Gasteiger partial charge in [-0.2, -0.15) is 5.10 Å². The van der Waals surface area contributed by atoms with E-state index < -0.39 is 0 Å². The van der Waals surface area contributed by atoms with Crippen LogP contribution in [0.4, 0.5) is 0 Å². The molecule has 1 heterocycles. The molecule has 0 fully saturated rings. The van der Waals surface area contributed by atoms with E-state index in [1.54, 1.807) is 4.68 Å². The number of aryl methyl sites for hydroxylation is 2. The lowest BCUT2D eigenvalue weighted by Gasteiger charge is -2.20. The first kappa shape index (κ1) is 14.5. The predicted molar refractivity (Wildman–Crippen MR) is 80.8 cm³/mol. The maximum Gasteiger partial charge on any atom is 0.250 e. The monoisotopic (exact) mass is 270 g/mol. The summed E-state index contributed by atoms with van der Waals surface area (Å²) in [7, 11) is 0. The maximum absolute atomic E-state index is 12.7. The number of rotatable bonds is 4. The number of hydrogen-bond donors (Lipinski definition) is 0. The lowest BCUT2D eigenvalue weighted by molar-refractivity contribution is 0.0776. The number of benzene rings is 1. The summed E-state index contributed by atoms with van der Waals surface area (Å²) in [5.74, 6) is 0.330. The van der Waals surface area contributed by atoms with Gasteiger partial charge in [0.1, 0.15) is 0 Å². The van der Waals surface area contributed by atoms with Gasteiger partial charge in [0.2, 0.25) is 0 Å². The number of aromatic nitrogens is 2. The Morgan fingerprint density at radius 1 is 1.20 bits per heavy atom. The van der Waals surface area contributed by atoms with Gasteiger partial charge in [0.05, 0.1) is 5.69 Å². The first-order valence-corrected chi connectivity index (χ1v) is 7.10. The fourth-order valence-corrected chi connectivity index (χ4v) is 2.49. The van der Waals surface area contributed by atoms with Crippen molar-refractivity contribution in [2.24, 2.45) is 11.8 Å². The van der Waals surface area contributed by atoms with Crippen molar-refractivity contribution in [3.05, 3.63) is 53.3 Å². The van der Waals surface area contributed by atoms with Gasteiger partial charge in [-0.05, 0) is 37.8 Å². The fourth-order valence-electron chi connectivity index (χ4n) is 2.49. The number of nitrogens with zero attached hydrogens (tertiary/aromatic N) is 2. The van der Waals surface area contributed by atoms with Crippen molar-refractivity contribution in [2.75, 3.05) is 0 Å². The molecule has 0 aliphatic rings. The van der Waals surface area contributed by atoms with Gasteiger partial charge in [0, 0.05) is 11.6 Å². The summed E-state index contributed by atoms with van der Waals surface area (Å²) in [6.45, 7) is 8.03. The molecule has 0 radical (unpaired) electrons. The summed E-state index contributed by atoms with van der Waals surface area (Å²) >= 11 is 0. The first-order valence-electron chi connectivity index (χ1n) is 7.10. The molecule has 3 heteroatoms. The van der Waals surface area contributed by atoms with E-state index in [0.29, 0.717) is 0 Å². The zero-order valence-corrected chi connectivity index (χ0v) is 12.6. The lowest BCUT2D eigenvalue weighted by atomic mass is 9.88. The minimum atomic E-state index is -0.0459. The molecule has 0 amide bonds. The van der Waals surface area contributed by atoms with E-state index in [2.05, 4.69) is 31.1 Å². The molecule has 2 aromatic rings. The minimum Gasteiger partial charge on any atom is -0.272 e. The summed E-state index contributed by atoms with van der Waals surface area (Å²) < 4.78 is 1.56. The van der Waals surface area contributed by atoms with Crippen LogP contribution >= 0.6 is 0 Å². The van der Waals surface area contributed by atoms with Crippen LogP contribution in [-0.4, -0.2) is 15.7 Å². The van der Waals surface area contributed by atoms with Gasteiger partial charge in [0.25, 0.3) is 5.91 Å². The van der Waals surface area contributed by atoms with E-state index in [1.807, 2.05) is 38.1 Å². The molecule has 0 saturated heterocycles. The quantitative estimate of drug-likeness (QED) is 0.850. The Balaban J connectivity index is 2.25. The smallest absolute Gasteiger partial charge is 0.250 e. The second-order valence-corrected chi connectivity index (χ2v) is 5.72. The van der Waals surface area contributed by atoms with Crippen molar-refractivity contribution in [2.45, 2.75) is 34.1 Å².